The monoisotopic (exact) mass is 154 g/mol. The first-order valence-corrected chi connectivity index (χ1v) is 2.53. The Morgan fingerprint density at radius 1 is 1.00 bits per heavy atom. The van der Waals surface area contributed by atoms with Gasteiger partial charge in [-0.3, -0.25) is 0 Å². The Bertz CT molecular complexity index is 68.1. The van der Waals surface area contributed by atoms with E-state index in [4.69, 9.17) is 20.4 Å². The molecule has 0 aromatic rings. The highest BCUT2D eigenvalue weighted by Gasteiger charge is 2.16. The Morgan fingerprint density at radius 2 is 1.40 bits per heavy atom. The third-order valence-corrected chi connectivity index (χ3v) is 0.721. The molecule has 0 spiro atoms. The van der Waals surface area contributed by atoms with Gasteiger partial charge in [-0.2, -0.15) is 0 Å². The fourth-order valence-corrected chi connectivity index (χ4v) is 0.367. The minimum absolute atomic E-state index is 0.706. The van der Waals surface area contributed by atoms with E-state index in [-0.39, 0.29) is 0 Å². The molecule has 0 radical (unpaired) electrons. The lowest BCUT2D eigenvalue weighted by atomic mass is 10.6. The number of rotatable bonds is 5. The molecule has 0 heterocycles. The zero-order valence-corrected chi connectivity index (χ0v) is 5.17. The average molecular weight is 154 g/mol. The Kier molecular flexibility index (Phi) is 5.40. The van der Waals surface area contributed by atoms with Crippen LogP contribution in [0.5, 0.6) is 0 Å². The van der Waals surface area contributed by atoms with E-state index in [0.29, 0.717) is 0 Å². The molecule has 0 rings (SSSR count). The standard InChI is InChI=1S/C4H10O6/c5-1-9-4(3(7)8)10-2-6/h3-8H,1-2H2. The van der Waals surface area contributed by atoms with Crippen molar-refractivity contribution in [3.8, 4) is 0 Å². The van der Waals surface area contributed by atoms with Gasteiger partial charge in [-0.25, -0.2) is 0 Å². The van der Waals surface area contributed by atoms with E-state index in [1.165, 1.54) is 0 Å². The summed E-state index contributed by atoms with van der Waals surface area (Å²) in [6.45, 7) is -1.41. The van der Waals surface area contributed by atoms with Crippen LogP contribution in [-0.4, -0.2) is 46.6 Å². The summed E-state index contributed by atoms with van der Waals surface area (Å²) in [5.41, 5.74) is 0. The zero-order chi connectivity index (χ0) is 7.98. The van der Waals surface area contributed by atoms with Gasteiger partial charge in [-0.05, 0) is 0 Å². The minimum atomic E-state index is -1.88. The van der Waals surface area contributed by atoms with Gasteiger partial charge in [0.05, 0.1) is 0 Å². The molecule has 0 aromatic heterocycles. The van der Waals surface area contributed by atoms with Crippen LogP contribution in [0.2, 0.25) is 0 Å². The fraction of sp³-hybridized carbons (Fsp3) is 1.00. The van der Waals surface area contributed by atoms with Gasteiger partial charge in [0, 0.05) is 0 Å². The Hall–Kier alpha value is -0.240. The van der Waals surface area contributed by atoms with Crippen LogP contribution in [0.3, 0.4) is 0 Å². The maximum absolute atomic E-state index is 8.36. The first kappa shape index (κ1) is 9.76. The van der Waals surface area contributed by atoms with Gasteiger partial charge in [0.1, 0.15) is 13.6 Å². The summed E-state index contributed by atoms with van der Waals surface area (Å²) < 4.78 is 8.43. The molecular formula is C4H10O6. The number of hydrogen-bond acceptors (Lipinski definition) is 6. The molecule has 0 aliphatic rings. The molecule has 0 unspecified atom stereocenters. The molecule has 0 saturated heterocycles. The SMILES string of the molecule is OCOC(OCO)C(O)O. The van der Waals surface area contributed by atoms with Crippen LogP contribution in [-0.2, 0) is 9.47 Å². The van der Waals surface area contributed by atoms with Crippen molar-refractivity contribution in [2.75, 3.05) is 13.6 Å². The van der Waals surface area contributed by atoms with Gasteiger partial charge in [0.15, 0.2) is 0 Å². The van der Waals surface area contributed by atoms with Crippen molar-refractivity contribution in [3.63, 3.8) is 0 Å². The number of hydrogen-bond donors (Lipinski definition) is 4. The van der Waals surface area contributed by atoms with Crippen LogP contribution in [0.4, 0.5) is 0 Å². The second-order valence-corrected chi connectivity index (χ2v) is 1.37. The second kappa shape index (κ2) is 5.54. The predicted molar refractivity (Wildman–Crippen MR) is 28.4 cm³/mol. The van der Waals surface area contributed by atoms with Crippen molar-refractivity contribution in [2.45, 2.75) is 12.6 Å². The zero-order valence-electron chi connectivity index (χ0n) is 5.17. The highest BCUT2D eigenvalue weighted by atomic mass is 16.8. The molecule has 0 aliphatic carbocycles. The normalized spacial score (nSPS) is 11.4. The average Bonchev–Trinajstić information content (AvgIpc) is 1.87. The molecule has 0 atom stereocenters. The van der Waals surface area contributed by atoms with Crippen molar-refractivity contribution >= 4 is 0 Å². The summed E-state index contributed by atoms with van der Waals surface area (Å²) in [6.07, 6.45) is -3.28. The molecule has 6 nitrogen and oxygen atoms in total. The van der Waals surface area contributed by atoms with Crippen LogP contribution >= 0.6 is 0 Å². The summed E-state index contributed by atoms with van der Waals surface area (Å²) in [7, 11) is 0. The van der Waals surface area contributed by atoms with Crippen molar-refractivity contribution in [3.05, 3.63) is 0 Å². The van der Waals surface area contributed by atoms with Gasteiger partial charge in [-0.1, -0.05) is 0 Å². The van der Waals surface area contributed by atoms with Crippen LogP contribution in [0.15, 0.2) is 0 Å². The van der Waals surface area contributed by atoms with Gasteiger partial charge in [0.25, 0.3) is 0 Å². The topological polar surface area (TPSA) is 99.4 Å². The largest absolute Gasteiger partial charge is 0.371 e. The quantitative estimate of drug-likeness (QED) is 0.328. The maximum Gasteiger partial charge on any atom is 0.213 e. The van der Waals surface area contributed by atoms with Crippen molar-refractivity contribution < 1.29 is 29.9 Å². The highest BCUT2D eigenvalue weighted by molar-refractivity contribution is 4.41. The predicted octanol–water partition coefficient (Wildman–Crippen LogP) is -2.44. The molecular weight excluding hydrogens is 144 g/mol. The van der Waals surface area contributed by atoms with E-state index < -0.39 is 26.2 Å². The molecule has 0 aromatic carbocycles. The summed E-state index contributed by atoms with van der Waals surface area (Å²) in [5.74, 6) is 0. The first-order chi connectivity index (χ1) is 4.72. The molecule has 6 heteroatoms. The molecule has 4 N–H and O–H groups in total. The van der Waals surface area contributed by atoms with Crippen LogP contribution in [0.1, 0.15) is 0 Å². The highest BCUT2D eigenvalue weighted by Crippen LogP contribution is 1.97. The number of ether oxygens (including phenoxy) is 2. The Morgan fingerprint density at radius 3 is 1.60 bits per heavy atom. The molecule has 62 valence electrons. The Balaban J connectivity index is 3.50. The summed E-state index contributed by atoms with van der Waals surface area (Å²) >= 11 is 0. The van der Waals surface area contributed by atoms with E-state index in [0.717, 1.165) is 0 Å². The summed E-state index contributed by atoms with van der Waals surface area (Å²) in [5, 5.41) is 32.9. The molecule has 0 aliphatic heterocycles. The van der Waals surface area contributed by atoms with E-state index in [1.807, 2.05) is 0 Å². The lowest BCUT2D eigenvalue weighted by Crippen LogP contribution is -2.32. The number of aliphatic hydroxyl groups excluding tert-OH is 3. The second-order valence-electron chi connectivity index (χ2n) is 1.37. The molecule has 0 saturated carbocycles. The van der Waals surface area contributed by atoms with Gasteiger partial charge >= 0.3 is 0 Å². The van der Waals surface area contributed by atoms with E-state index >= 15 is 0 Å². The molecule has 0 fully saturated rings. The third kappa shape index (κ3) is 3.72. The van der Waals surface area contributed by atoms with E-state index in [2.05, 4.69) is 9.47 Å². The molecule has 0 bridgehead atoms. The van der Waals surface area contributed by atoms with Crippen LogP contribution in [0.25, 0.3) is 0 Å². The lowest BCUT2D eigenvalue weighted by molar-refractivity contribution is -0.288. The summed E-state index contributed by atoms with van der Waals surface area (Å²) in [6, 6.07) is 0. The van der Waals surface area contributed by atoms with Crippen LogP contribution < -0.4 is 0 Å². The minimum Gasteiger partial charge on any atom is -0.371 e. The molecule has 0 amide bonds. The Labute approximate surface area is 57.2 Å². The third-order valence-electron chi connectivity index (χ3n) is 0.721. The van der Waals surface area contributed by atoms with Gasteiger partial charge in [-0.15, -0.1) is 0 Å². The van der Waals surface area contributed by atoms with Gasteiger partial charge in [0.2, 0.25) is 12.6 Å². The number of aliphatic hydroxyl groups is 4. The van der Waals surface area contributed by atoms with Gasteiger partial charge < -0.3 is 29.9 Å². The smallest absolute Gasteiger partial charge is 0.213 e. The summed E-state index contributed by atoms with van der Waals surface area (Å²) in [4.78, 5) is 0. The first-order valence-electron chi connectivity index (χ1n) is 2.53. The lowest BCUT2D eigenvalue weighted by Gasteiger charge is -2.16. The van der Waals surface area contributed by atoms with E-state index in [9.17, 15) is 0 Å². The van der Waals surface area contributed by atoms with Crippen molar-refractivity contribution in [1.29, 1.82) is 0 Å². The van der Waals surface area contributed by atoms with Crippen LogP contribution in [0, 0.1) is 0 Å². The molecule has 10 heavy (non-hydrogen) atoms. The van der Waals surface area contributed by atoms with Crippen molar-refractivity contribution in [2.24, 2.45) is 0 Å². The fourth-order valence-electron chi connectivity index (χ4n) is 0.367. The van der Waals surface area contributed by atoms with Crippen molar-refractivity contribution in [1.82, 2.24) is 0 Å². The maximum atomic E-state index is 8.36. The van der Waals surface area contributed by atoms with E-state index in [1.54, 1.807) is 0 Å².